The molecule has 2 fully saturated rings. The summed E-state index contributed by atoms with van der Waals surface area (Å²) in [7, 11) is 8.31. The van der Waals surface area contributed by atoms with Crippen molar-refractivity contribution in [1.82, 2.24) is 15.5 Å². The summed E-state index contributed by atoms with van der Waals surface area (Å²) in [6.45, 7) is 3.51. The van der Waals surface area contributed by atoms with Crippen LogP contribution in [0.25, 0.3) is 11.1 Å². The number of hydrogen-bond acceptors (Lipinski definition) is 3. The highest BCUT2D eigenvalue weighted by atomic mass is 31.1. The lowest BCUT2D eigenvalue weighted by Crippen LogP contribution is -2.46. The van der Waals surface area contributed by atoms with Crippen molar-refractivity contribution in [3.05, 3.63) is 59.7 Å². The predicted molar refractivity (Wildman–Crippen MR) is 176 cm³/mol. The second-order valence-corrected chi connectivity index (χ2v) is 17.5. The van der Waals surface area contributed by atoms with Crippen LogP contribution in [0.3, 0.4) is 0 Å². The second-order valence-electron chi connectivity index (χ2n) is 12.3. The van der Waals surface area contributed by atoms with Crippen molar-refractivity contribution >= 4 is 39.5 Å². The van der Waals surface area contributed by atoms with Crippen LogP contribution in [0.2, 0.25) is 0 Å². The van der Waals surface area contributed by atoms with Crippen molar-refractivity contribution in [2.75, 3.05) is 26.2 Å². The number of carbonyl (C=O) groups is 2. The molecule has 5 nitrogen and oxygen atoms in total. The first-order valence-electron chi connectivity index (χ1n) is 15.1. The number of nitrogens with one attached hydrogen (secondary N) is 2. The lowest BCUT2D eigenvalue weighted by Gasteiger charge is -2.32. The van der Waals surface area contributed by atoms with Crippen molar-refractivity contribution < 1.29 is 9.59 Å². The van der Waals surface area contributed by atoms with Gasteiger partial charge in [-0.25, -0.2) is 0 Å². The molecule has 5 rings (SSSR count). The molecule has 0 bridgehead atoms. The van der Waals surface area contributed by atoms with E-state index in [0.717, 1.165) is 56.4 Å². The van der Waals surface area contributed by atoms with E-state index in [2.05, 4.69) is 91.8 Å². The maximum atomic E-state index is 14.1. The Labute approximate surface area is 247 Å². The third-order valence-electron chi connectivity index (χ3n) is 9.12. The molecule has 3 aliphatic rings. The Morgan fingerprint density at radius 1 is 0.900 bits per heavy atom. The van der Waals surface area contributed by atoms with E-state index in [1.807, 2.05) is 0 Å². The van der Waals surface area contributed by atoms with Crippen LogP contribution < -0.4 is 10.6 Å². The van der Waals surface area contributed by atoms with Crippen molar-refractivity contribution in [3.8, 4) is 11.1 Å². The molecule has 4 atom stereocenters. The number of hydrogen-bond donors (Lipinski definition) is 2. The van der Waals surface area contributed by atoms with E-state index in [-0.39, 0.29) is 22.5 Å². The quantitative estimate of drug-likeness (QED) is 0.259. The second kappa shape index (κ2) is 13.3. The molecule has 0 aromatic heterocycles. The molecule has 2 aliphatic carbocycles. The van der Waals surface area contributed by atoms with E-state index < -0.39 is 5.41 Å². The first-order valence-corrected chi connectivity index (χ1v) is 16.9. The Balaban J connectivity index is 1.20. The highest BCUT2D eigenvalue weighted by Gasteiger charge is 2.48. The molecule has 0 radical (unpaired) electrons. The number of benzene rings is 2. The molecule has 2 aromatic carbocycles. The number of rotatable bonds is 11. The van der Waals surface area contributed by atoms with Gasteiger partial charge in [-0.05, 0) is 66.8 Å². The van der Waals surface area contributed by atoms with Crippen molar-refractivity contribution in [2.45, 2.75) is 80.3 Å². The zero-order valence-corrected chi connectivity index (χ0v) is 27.1. The third-order valence-corrected chi connectivity index (χ3v) is 9.73. The Morgan fingerprint density at radius 2 is 1.55 bits per heavy atom. The molecule has 1 saturated carbocycles. The van der Waals surface area contributed by atoms with Crippen molar-refractivity contribution in [3.63, 3.8) is 0 Å². The zero-order valence-electron chi connectivity index (χ0n) is 23.7. The minimum Gasteiger partial charge on any atom is -0.353 e. The molecule has 2 aromatic rings. The fourth-order valence-electron chi connectivity index (χ4n) is 7.16. The summed E-state index contributed by atoms with van der Waals surface area (Å²) in [6, 6.07) is 17.1. The average molecular weight is 598 g/mol. The molecule has 40 heavy (non-hydrogen) atoms. The van der Waals surface area contributed by atoms with Crippen molar-refractivity contribution in [1.29, 1.82) is 0 Å². The van der Waals surface area contributed by atoms with Crippen LogP contribution >= 0.6 is 27.7 Å². The molecular formula is C32H46N3O2P3. The summed E-state index contributed by atoms with van der Waals surface area (Å²) in [4.78, 5) is 29.2. The fraction of sp³-hybridized carbons (Fsp3) is 0.562. The van der Waals surface area contributed by atoms with E-state index in [4.69, 9.17) is 0 Å². The number of fused-ring (bicyclic) bond motifs is 3. The number of nitrogens with zero attached hydrogens (tertiary/aromatic N) is 1. The largest absolute Gasteiger partial charge is 0.353 e. The normalized spacial score (nSPS) is 20.6. The van der Waals surface area contributed by atoms with Crippen LogP contribution in [-0.4, -0.2) is 53.6 Å². The Bertz CT molecular complexity index is 1150. The van der Waals surface area contributed by atoms with Crippen LogP contribution in [0, 0.1) is 5.92 Å². The van der Waals surface area contributed by atoms with Gasteiger partial charge in [-0.15, -0.1) is 27.7 Å². The Morgan fingerprint density at radius 3 is 2.20 bits per heavy atom. The van der Waals surface area contributed by atoms with E-state index in [1.165, 1.54) is 43.2 Å². The molecule has 2 amide bonds. The summed E-state index contributed by atoms with van der Waals surface area (Å²) in [5.74, 6) is 0.917. The molecule has 216 valence electrons. The first-order chi connectivity index (χ1) is 19.3. The Kier molecular flexibility index (Phi) is 10.0. The van der Waals surface area contributed by atoms with Gasteiger partial charge in [0, 0.05) is 36.7 Å². The lowest BCUT2D eigenvalue weighted by molar-refractivity contribution is -0.125. The van der Waals surface area contributed by atoms with E-state index in [9.17, 15) is 9.59 Å². The zero-order chi connectivity index (χ0) is 28.2. The number of likely N-dealkylation sites (tertiary alicyclic amines) is 1. The SMILES string of the molecule is O=C(CC1CCCCC1)NC1CCN(CCCCC2(C(=O)NCC(P)(P)P)c3ccccc3-c3ccccc32)C1. The maximum Gasteiger partial charge on any atom is 0.235 e. The topological polar surface area (TPSA) is 61.4 Å². The summed E-state index contributed by atoms with van der Waals surface area (Å²) in [5, 5.41) is 6.59. The molecule has 4 unspecified atom stereocenters. The number of amides is 2. The molecule has 8 heteroatoms. The standard InChI is InChI=1S/C32H46N3O2P3/c36-29(20-23-10-2-1-3-11-23)34-24-16-19-35(21-24)18-9-8-17-31(30(37)33-22-32(38,39)40)27-14-6-4-12-25(27)26-13-5-7-15-28(26)31/h4-7,12-15,23-24H,1-3,8-11,16-22,38-40H2,(H,33,37)(H,34,36). The number of unbranched alkanes of at least 4 members (excludes halogenated alkanes) is 1. The van der Waals surface area contributed by atoms with Gasteiger partial charge in [-0.2, -0.15) is 0 Å². The molecular weight excluding hydrogens is 551 g/mol. The van der Waals surface area contributed by atoms with Crippen LogP contribution in [-0.2, 0) is 15.0 Å². The smallest absolute Gasteiger partial charge is 0.235 e. The van der Waals surface area contributed by atoms with Crippen LogP contribution in [0.1, 0.15) is 75.3 Å². The molecule has 0 spiro atoms. The molecule has 1 heterocycles. The predicted octanol–water partition coefficient (Wildman–Crippen LogP) is 5.68. The minimum absolute atomic E-state index is 0.0866. The van der Waals surface area contributed by atoms with Crippen LogP contribution in [0.4, 0.5) is 0 Å². The lowest BCUT2D eigenvalue weighted by atomic mass is 9.73. The van der Waals surface area contributed by atoms with Gasteiger partial charge in [0.15, 0.2) is 0 Å². The molecule has 2 N–H and O–H groups in total. The summed E-state index contributed by atoms with van der Waals surface area (Å²) in [6.07, 6.45) is 10.8. The fourth-order valence-corrected chi connectivity index (χ4v) is 7.46. The van der Waals surface area contributed by atoms with Gasteiger partial charge in [0.25, 0.3) is 0 Å². The summed E-state index contributed by atoms with van der Waals surface area (Å²) in [5.41, 5.74) is 3.91. The minimum atomic E-state index is -0.681. The van der Waals surface area contributed by atoms with E-state index in [1.54, 1.807) is 0 Å². The van der Waals surface area contributed by atoms with Gasteiger partial charge in [0.05, 0.1) is 0 Å². The molecule has 1 saturated heterocycles. The summed E-state index contributed by atoms with van der Waals surface area (Å²) >= 11 is 0. The van der Waals surface area contributed by atoms with Crippen molar-refractivity contribution in [2.24, 2.45) is 5.92 Å². The Hall–Kier alpha value is -1.37. The average Bonchev–Trinajstić information content (AvgIpc) is 3.50. The summed E-state index contributed by atoms with van der Waals surface area (Å²) < 4.78 is -0.230. The van der Waals surface area contributed by atoms with Gasteiger partial charge in [0.2, 0.25) is 11.8 Å². The van der Waals surface area contributed by atoms with Gasteiger partial charge in [-0.3, -0.25) is 9.59 Å². The van der Waals surface area contributed by atoms with E-state index in [0.29, 0.717) is 18.9 Å². The van der Waals surface area contributed by atoms with Gasteiger partial charge in [0.1, 0.15) is 5.41 Å². The maximum absolute atomic E-state index is 14.1. The van der Waals surface area contributed by atoms with Crippen LogP contribution in [0.15, 0.2) is 48.5 Å². The first kappa shape index (κ1) is 30.1. The highest BCUT2D eigenvalue weighted by Crippen LogP contribution is 2.51. The van der Waals surface area contributed by atoms with Gasteiger partial charge in [-0.1, -0.05) is 74.2 Å². The van der Waals surface area contributed by atoms with E-state index >= 15 is 0 Å². The monoisotopic (exact) mass is 597 g/mol. The number of carbonyl (C=O) groups excluding carboxylic acids is 2. The van der Waals surface area contributed by atoms with Gasteiger partial charge < -0.3 is 15.5 Å². The molecule has 1 aliphatic heterocycles. The third kappa shape index (κ3) is 6.98. The van der Waals surface area contributed by atoms with Crippen LogP contribution in [0.5, 0.6) is 0 Å². The highest BCUT2D eigenvalue weighted by molar-refractivity contribution is 7.57. The van der Waals surface area contributed by atoms with Gasteiger partial charge >= 0.3 is 0 Å².